The fourth-order valence-electron chi connectivity index (χ4n) is 2.45. The summed E-state index contributed by atoms with van der Waals surface area (Å²) in [5.74, 6) is -1.32. The Morgan fingerprint density at radius 3 is 2.45 bits per heavy atom. The smallest absolute Gasteiger partial charge is 0.340 e. The third-order valence-corrected chi connectivity index (χ3v) is 4.64. The number of carbonyl (C=O) groups excluding carboxylic acids is 3. The van der Waals surface area contributed by atoms with E-state index in [-0.39, 0.29) is 0 Å². The van der Waals surface area contributed by atoms with Crippen LogP contribution in [-0.2, 0) is 14.3 Å². The number of carbonyl (C=O) groups is 3. The predicted molar refractivity (Wildman–Crippen MR) is 115 cm³/mol. The molecule has 0 radical (unpaired) electrons. The first-order chi connectivity index (χ1) is 13.5. The van der Waals surface area contributed by atoms with Gasteiger partial charge in [-0.2, -0.15) is 0 Å². The number of amides is 3. The third-order valence-electron chi connectivity index (χ3n) is 3.74. The summed E-state index contributed by atoms with van der Waals surface area (Å²) >= 11 is 1.40. The summed E-state index contributed by atoms with van der Waals surface area (Å²) in [6, 6.07) is 10.7. The Bertz CT molecular complexity index is 911. The molecule has 0 saturated carbocycles. The number of hydrogen-bond donors (Lipinski definition) is 2. The van der Waals surface area contributed by atoms with Gasteiger partial charge in [0.25, 0.3) is 5.91 Å². The third kappa shape index (κ3) is 7.19. The fraction of sp³-hybridized carbons (Fsp3) is 0.318. The van der Waals surface area contributed by atoms with E-state index in [1.807, 2.05) is 48.7 Å². The lowest BCUT2D eigenvalue weighted by molar-refractivity contribution is -0.148. The Morgan fingerprint density at radius 2 is 1.86 bits per heavy atom. The topological polar surface area (TPSA) is 84.5 Å². The van der Waals surface area contributed by atoms with E-state index in [4.69, 9.17) is 4.74 Å². The van der Waals surface area contributed by atoms with E-state index < -0.39 is 29.6 Å². The van der Waals surface area contributed by atoms with Crippen LogP contribution in [0.4, 0.5) is 4.79 Å². The molecule has 0 aliphatic rings. The molecule has 1 aromatic heterocycles. The molecule has 6 nitrogen and oxygen atoms in total. The molecule has 2 N–H and O–H groups in total. The minimum absolute atomic E-state index is 0.351. The first-order valence-electron chi connectivity index (χ1n) is 9.21. The lowest BCUT2D eigenvalue weighted by Gasteiger charge is -2.21. The van der Waals surface area contributed by atoms with Crippen LogP contribution in [0.5, 0.6) is 0 Å². The van der Waals surface area contributed by atoms with Crippen LogP contribution in [-0.4, -0.2) is 29.6 Å². The summed E-state index contributed by atoms with van der Waals surface area (Å²) < 4.78 is 5.34. The molecule has 1 aromatic carbocycles. The van der Waals surface area contributed by atoms with Crippen LogP contribution >= 0.6 is 11.3 Å². The van der Waals surface area contributed by atoms with Gasteiger partial charge in [-0.15, -0.1) is 11.3 Å². The van der Waals surface area contributed by atoms with Gasteiger partial charge in [-0.1, -0.05) is 35.9 Å². The van der Waals surface area contributed by atoms with Gasteiger partial charge in [0.15, 0.2) is 6.10 Å². The minimum Gasteiger partial charge on any atom is -0.449 e. The van der Waals surface area contributed by atoms with Gasteiger partial charge in [-0.3, -0.25) is 10.1 Å². The molecule has 0 aliphatic heterocycles. The van der Waals surface area contributed by atoms with Crippen molar-refractivity contribution < 1.29 is 19.1 Å². The summed E-state index contributed by atoms with van der Waals surface area (Å²) in [5.41, 5.74) is 1.78. The Balaban J connectivity index is 2.14. The Labute approximate surface area is 175 Å². The van der Waals surface area contributed by atoms with Gasteiger partial charge in [0.1, 0.15) is 0 Å². The van der Waals surface area contributed by atoms with E-state index in [1.165, 1.54) is 18.3 Å². The summed E-state index contributed by atoms with van der Waals surface area (Å²) in [4.78, 5) is 37.6. The van der Waals surface area contributed by atoms with Crippen molar-refractivity contribution in [3.8, 4) is 0 Å². The number of nitrogens with one attached hydrogen (secondary N) is 2. The molecule has 0 bridgehead atoms. The molecule has 1 heterocycles. The van der Waals surface area contributed by atoms with Crippen LogP contribution in [0.3, 0.4) is 0 Å². The molecule has 7 heteroatoms. The highest BCUT2D eigenvalue weighted by Gasteiger charge is 2.24. The molecule has 0 unspecified atom stereocenters. The van der Waals surface area contributed by atoms with Crippen LogP contribution < -0.4 is 10.6 Å². The van der Waals surface area contributed by atoms with Crippen molar-refractivity contribution in [1.82, 2.24) is 10.6 Å². The monoisotopic (exact) mass is 414 g/mol. The number of imide groups is 1. The van der Waals surface area contributed by atoms with Gasteiger partial charge < -0.3 is 10.1 Å². The number of urea groups is 1. The first-order valence-corrected chi connectivity index (χ1v) is 10.1. The molecule has 29 heavy (non-hydrogen) atoms. The molecule has 0 fully saturated rings. The zero-order chi connectivity index (χ0) is 21.6. The molecule has 1 atom stereocenters. The molecule has 154 valence electrons. The molecule has 0 aliphatic carbocycles. The van der Waals surface area contributed by atoms with Crippen molar-refractivity contribution in [2.75, 3.05) is 0 Å². The van der Waals surface area contributed by atoms with Gasteiger partial charge in [-0.25, -0.2) is 9.59 Å². The molecule has 0 saturated heterocycles. The number of ether oxygens (including phenoxy) is 1. The standard InChI is InChI=1S/C22H26N2O4S/c1-14-8-6-9-16(12-14)13-17(18-10-7-11-29-18)20(26)28-15(2)19(25)23-21(27)24-22(3,4)5/h6-13,15H,1-5H3,(H2,23,24,25,27)/b17-13+/t15-/m0/s1. The Kier molecular flexibility index (Phi) is 7.34. The van der Waals surface area contributed by atoms with E-state index in [0.29, 0.717) is 5.57 Å². The van der Waals surface area contributed by atoms with Crippen molar-refractivity contribution in [3.05, 3.63) is 57.8 Å². The minimum atomic E-state index is -1.13. The van der Waals surface area contributed by atoms with Crippen LogP contribution in [0.2, 0.25) is 0 Å². The van der Waals surface area contributed by atoms with Crippen LogP contribution in [0.25, 0.3) is 11.6 Å². The quantitative estimate of drug-likeness (QED) is 0.569. The van der Waals surface area contributed by atoms with Gasteiger partial charge in [0.2, 0.25) is 0 Å². The highest BCUT2D eigenvalue weighted by molar-refractivity contribution is 7.11. The summed E-state index contributed by atoms with van der Waals surface area (Å²) in [5, 5.41) is 6.67. The van der Waals surface area contributed by atoms with E-state index in [9.17, 15) is 14.4 Å². The highest BCUT2D eigenvalue weighted by Crippen LogP contribution is 2.25. The average molecular weight is 415 g/mol. The Hall–Kier alpha value is -2.93. The molecule has 2 rings (SSSR count). The second kappa shape index (κ2) is 9.52. The van der Waals surface area contributed by atoms with Crippen molar-refractivity contribution in [1.29, 1.82) is 0 Å². The number of benzene rings is 1. The normalized spacial score (nSPS) is 12.8. The molecule has 2 aromatic rings. The first kappa shape index (κ1) is 22.4. The largest absolute Gasteiger partial charge is 0.449 e. The van der Waals surface area contributed by atoms with E-state index in [2.05, 4.69) is 10.6 Å². The van der Waals surface area contributed by atoms with Crippen LogP contribution in [0.15, 0.2) is 41.8 Å². The van der Waals surface area contributed by atoms with Gasteiger partial charge >= 0.3 is 12.0 Å². The molecular weight excluding hydrogens is 388 g/mol. The van der Waals surface area contributed by atoms with E-state index >= 15 is 0 Å². The average Bonchev–Trinajstić information content (AvgIpc) is 3.12. The van der Waals surface area contributed by atoms with Crippen LogP contribution in [0, 0.1) is 6.92 Å². The zero-order valence-corrected chi connectivity index (χ0v) is 18.1. The maximum absolute atomic E-state index is 12.8. The van der Waals surface area contributed by atoms with Gasteiger partial charge in [0.05, 0.1) is 5.57 Å². The van der Waals surface area contributed by atoms with Crippen molar-refractivity contribution in [2.45, 2.75) is 46.3 Å². The summed E-state index contributed by atoms with van der Waals surface area (Å²) in [6.07, 6.45) is 0.604. The van der Waals surface area contributed by atoms with E-state index in [1.54, 1.807) is 26.8 Å². The van der Waals surface area contributed by atoms with Crippen molar-refractivity contribution >= 4 is 40.9 Å². The molecule has 3 amide bonds. The highest BCUT2D eigenvalue weighted by atomic mass is 32.1. The molecule has 0 spiro atoms. The number of thiophene rings is 1. The number of aryl methyl sites for hydroxylation is 1. The van der Waals surface area contributed by atoms with Crippen molar-refractivity contribution in [2.24, 2.45) is 0 Å². The number of rotatable bonds is 5. The SMILES string of the molecule is Cc1cccc(/C=C(/C(=O)O[C@@H](C)C(=O)NC(=O)NC(C)(C)C)c2cccs2)c1. The summed E-state index contributed by atoms with van der Waals surface area (Å²) in [7, 11) is 0. The van der Waals surface area contributed by atoms with Crippen LogP contribution in [0.1, 0.15) is 43.7 Å². The predicted octanol–water partition coefficient (Wildman–Crippen LogP) is 4.15. The number of hydrogen-bond acceptors (Lipinski definition) is 5. The lowest BCUT2D eigenvalue weighted by atomic mass is 10.1. The number of esters is 1. The van der Waals surface area contributed by atoms with Gasteiger partial charge in [0, 0.05) is 10.4 Å². The second-order valence-corrected chi connectivity index (χ2v) is 8.64. The fourth-order valence-corrected chi connectivity index (χ4v) is 3.18. The maximum Gasteiger partial charge on any atom is 0.340 e. The zero-order valence-electron chi connectivity index (χ0n) is 17.2. The van der Waals surface area contributed by atoms with Gasteiger partial charge in [-0.05, 0) is 57.7 Å². The van der Waals surface area contributed by atoms with E-state index in [0.717, 1.165) is 16.0 Å². The summed E-state index contributed by atoms with van der Waals surface area (Å²) in [6.45, 7) is 8.78. The lowest BCUT2D eigenvalue weighted by Crippen LogP contribution is -2.50. The maximum atomic E-state index is 12.8. The van der Waals surface area contributed by atoms with Crippen molar-refractivity contribution in [3.63, 3.8) is 0 Å². The second-order valence-electron chi connectivity index (χ2n) is 7.69. The Morgan fingerprint density at radius 1 is 1.14 bits per heavy atom. The molecular formula is C22H26N2O4S.